The molecule has 1 aliphatic carbocycles. The highest BCUT2D eigenvalue weighted by Gasteiger charge is 2.36. The Morgan fingerprint density at radius 3 is 2.62 bits per heavy atom. The zero-order valence-corrected chi connectivity index (χ0v) is 19.8. The van der Waals surface area contributed by atoms with Crippen LogP contribution in [0.25, 0.3) is 0 Å². The van der Waals surface area contributed by atoms with Gasteiger partial charge in [0.1, 0.15) is 17.9 Å². The SMILES string of the molecule is CCCCOC(=O)N[C@H](C(=O)Nc1cc(CNC[C@H](N)C(F)(F)F)ccn1)C1CCC(C)CC1. The minimum Gasteiger partial charge on any atom is -0.450 e. The molecule has 0 aromatic carbocycles. The van der Waals surface area contributed by atoms with Gasteiger partial charge in [0.15, 0.2) is 0 Å². The number of unbranched alkanes of at least 4 members (excludes halogenated alkanes) is 1. The molecule has 1 aliphatic rings. The van der Waals surface area contributed by atoms with Gasteiger partial charge >= 0.3 is 12.3 Å². The highest BCUT2D eigenvalue weighted by atomic mass is 19.4. The van der Waals surface area contributed by atoms with Gasteiger partial charge < -0.3 is 26.4 Å². The van der Waals surface area contributed by atoms with Gasteiger partial charge in [0, 0.05) is 19.3 Å². The predicted molar refractivity (Wildman–Crippen MR) is 123 cm³/mol. The number of hydrogen-bond acceptors (Lipinski definition) is 6. The molecule has 2 rings (SSSR count). The molecule has 8 nitrogen and oxygen atoms in total. The van der Waals surface area contributed by atoms with Gasteiger partial charge in [-0.2, -0.15) is 13.2 Å². The largest absolute Gasteiger partial charge is 0.450 e. The minimum absolute atomic E-state index is 0.0244. The van der Waals surface area contributed by atoms with Gasteiger partial charge in [-0.3, -0.25) is 4.79 Å². The maximum atomic E-state index is 13.1. The number of ether oxygens (including phenoxy) is 1. The molecule has 1 saturated carbocycles. The molecule has 0 unspecified atom stereocenters. The zero-order chi connectivity index (χ0) is 25.1. The van der Waals surface area contributed by atoms with Crippen LogP contribution in [0.5, 0.6) is 0 Å². The number of alkyl halides is 3. The molecule has 1 aromatic rings. The average molecular weight is 488 g/mol. The molecular weight excluding hydrogens is 451 g/mol. The molecule has 0 radical (unpaired) electrons. The molecule has 0 spiro atoms. The lowest BCUT2D eigenvalue weighted by Gasteiger charge is -2.32. The van der Waals surface area contributed by atoms with E-state index in [1.54, 1.807) is 12.1 Å². The van der Waals surface area contributed by atoms with Gasteiger partial charge in [-0.15, -0.1) is 0 Å². The number of carbonyl (C=O) groups is 2. The minimum atomic E-state index is -4.47. The van der Waals surface area contributed by atoms with Crippen LogP contribution in [0, 0.1) is 11.8 Å². The summed E-state index contributed by atoms with van der Waals surface area (Å²) < 4.78 is 42.8. The Labute approximate surface area is 198 Å². The molecule has 2 amide bonds. The molecule has 5 N–H and O–H groups in total. The van der Waals surface area contributed by atoms with Crippen molar-refractivity contribution in [2.24, 2.45) is 17.6 Å². The van der Waals surface area contributed by atoms with Crippen molar-refractivity contribution in [3.63, 3.8) is 0 Å². The molecule has 1 aromatic heterocycles. The van der Waals surface area contributed by atoms with Crippen molar-refractivity contribution in [2.45, 2.75) is 77.2 Å². The van der Waals surface area contributed by atoms with E-state index >= 15 is 0 Å². The maximum absolute atomic E-state index is 13.1. The summed E-state index contributed by atoms with van der Waals surface area (Å²) in [6, 6.07) is 0.472. The molecule has 0 aliphatic heterocycles. The average Bonchev–Trinajstić information content (AvgIpc) is 2.78. The molecule has 1 fully saturated rings. The van der Waals surface area contributed by atoms with E-state index in [2.05, 4.69) is 27.9 Å². The van der Waals surface area contributed by atoms with Gasteiger partial charge in [-0.25, -0.2) is 9.78 Å². The van der Waals surface area contributed by atoms with Crippen LogP contribution in [0.1, 0.15) is 57.9 Å². The first kappa shape index (κ1) is 27.8. The molecular formula is C23H36F3N5O3. The van der Waals surface area contributed by atoms with Crippen LogP contribution in [0.15, 0.2) is 18.3 Å². The predicted octanol–water partition coefficient (Wildman–Crippen LogP) is 3.72. The van der Waals surface area contributed by atoms with Gasteiger partial charge in [0.25, 0.3) is 0 Å². The summed E-state index contributed by atoms with van der Waals surface area (Å²) in [6.07, 6.45) is 1.55. The van der Waals surface area contributed by atoms with Gasteiger partial charge in [-0.05, 0) is 48.8 Å². The number of aromatic nitrogens is 1. The third-order valence-corrected chi connectivity index (χ3v) is 6.01. The smallest absolute Gasteiger partial charge is 0.407 e. The van der Waals surface area contributed by atoms with Crippen molar-refractivity contribution < 1.29 is 27.5 Å². The van der Waals surface area contributed by atoms with E-state index in [-0.39, 0.29) is 24.9 Å². The lowest BCUT2D eigenvalue weighted by atomic mass is 9.79. The van der Waals surface area contributed by atoms with Crippen molar-refractivity contribution in [3.05, 3.63) is 23.9 Å². The molecule has 11 heteroatoms. The zero-order valence-electron chi connectivity index (χ0n) is 19.8. The van der Waals surface area contributed by atoms with Crippen LogP contribution in [-0.2, 0) is 16.1 Å². The Balaban J connectivity index is 2.00. The fraction of sp³-hybridized carbons (Fsp3) is 0.696. The Bertz CT molecular complexity index is 785. The number of nitrogens with one attached hydrogen (secondary N) is 3. The summed E-state index contributed by atoms with van der Waals surface area (Å²) in [4.78, 5) is 29.5. The van der Waals surface area contributed by atoms with Crippen LogP contribution in [-0.4, -0.2) is 48.4 Å². The quantitative estimate of drug-likeness (QED) is 0.353. The van der Waals surface area contributed by atoms with Crippen molar-refractivity contribution >= 4 is 17.8 Å². The summed E-state index contributed by atoms with van der Waals surface area (Å²) in [6.45, 7) is 4.14. The van der Waals surface area contributed by atoms with E-state index in [1.165, 1.54) is 6.20 Å². The summed E-state index contributed by atoms with van der Waals surface area (Å²) in [5, 5.41) is 8.11. The Hall–Kier alpha value is -2.40. The van der Waals surface area contributed by atoms with Crippen molar-refractivity contribution in [3.8, 4) is 0 Å². The second-order valence-electron chi connectivity index (χ2n) is 8.95. The summed E-state index contributed by atoms with van der Waals surface area (Å²) in [5.41, 5.74) is 5.73. The Morgan fingerprint density at radius 2 is 1.97 bits per heavy atom. The number of carbonyl (C=O) groups excluding carboxylic acids is 2. The molecule has 0 bridgehead atoms. The number of nitrogens with zero attached hydrogens (tertiary/aromatic N) is 1. The van der Waals surface area contributed by atoms with E-state index in [1.807, 2.05) is 6.92 Å². The topological polar surface area (TPSA) is 118 Å². The number of hydrogen-bond donors (Lipinski definition) is 4. The van der Waals surface area contributed by atoms with E-state index < -0.39 is 36.8 Å². The number of rotatable bonds is 11. The lowest BCUT2D eigenvalue weighted by molar-refractivity contribution is -0.146. The number of nitrogens with two attached hydrogens (primary N) is 1. The van der Waals surface area contributed by atoms with E-state index in [0.29, 0.717) is 11.5 Å². The molecule has 192 valence electrons. The molecule has 34 heavy (non-hydrogen) atoms. The highest BCUT2D eigenvalue weighted by Crippen LogP contribution is 2.31. The fourth-order valence-corrected chi connectivity index (χ4v) is 3.84. The van der Waals surface area contributed by atoms with Crippen molar-refractivity contribution in [2.75, 3.05) is 18.5 Å². The molecule has 0 saturated heterocycles. The monoisotopic (exact) mass is 487 g/mol. The van der Waals surface area contributed by atoms with Crippen LogP contribution in [0.4, 0.5) is 23.8 Å². The standard InChI is InChI=1S/C23H36F3N5O3/c1-3-4-11-34-22(33)31-20(17-7-5-15(2)6-8-17)21(32)30-19-12-16(9-10-29-19)13-28-14-18(27)23(24,25)26/h9-10,12,15,17-18,20,28H,3-8,11,13-14,27H2,1-2H3,(H,31,33)(H,29,30,32)/t15?,17?,18-,20-/m0/s1. The number of amides is 2. The highest BCUT2D eigenvalue weighted by molar-refractivity contribution is 5.96. The summed E-state index contributed by atoms with van der Waals surface area (Å²) >= 11 is 0. The van der Waals surface area contributed by atoms with E-state index in [0.717, 1.165) is 38.5 Å². The fourth-order valence-electron chi connectivity index (χ4n) is 3.84. The van der Waals surface area contributed by atoms with Crippen LogP contribution >= 0.6 is 0 Å². The van der Waals surface area contributed by atoms with Crippen molar-refractivity contribution in [1.29, 1.82) is 0 Å². The van der Waals surface area contributed by atoms with E-state index in [4.69, 9.17) is 10.5 Å². The normalized spacial score (nSPS) is 20.3. The van der Waals surface area contributed by atoms with Gasteiger partial charge in [0.05, 0.1) is 6.61 Å². The first-order valence-electron chi connectivity index (χ1n) is 11.8. The Kier molecular flexibility index (Phi) is 11.0. The lowest BCUT2D eigenvalue weighted by Crippen LogP contribution is -2.49. The maximum Gasteiger partial charge on any atom is 0.407 e. The third-order valence-electron chi connectivity index (χ3n) is 6.01. The first-order valence-corrected chi connectivity index (χ1v) is 11.8. The van der Waals surface area contributed by atoms with E-state index in [9.17, 15) is 22.8 Å². The second kappa shape index (κ2) is 13.5. The Morgan fingerprint density at radius 1 is 1.26 bits per heavy atom. The second-order valence-corrected chi connectivity index (χ2v) is 8.95. The number of halogens is 3. The van der Waals surface area contributed by atoms with Crippen LogP contribution < -0.4 is 21.7 Å². The molecule has 1 heterocycles. The number of anilines is 1. The summed E-state index contributed by atoms with van der Waals surface area (Å²) in [5.74, 6) is 0.403. The first-order chi connectivity index (χ1) is 16.1. The summed E-state index contributed by atoms with van der Waals surface area (Å²) in [7, 11) is 0. The number of pyridine rings is 1. The molecule has 2 atom stereocenters. The third kappa shape index (κ3) is 9.46. The van der Waals surface area contributed by atoms with Gasteiger partial charge in [0.2, 0.25) is 5.91 Å². The van der Waals surface area contributed by atoms with Gasteiger partial charge in [-0.1, -0.05) is 33.1 Å². The number of alkyl carbamates (subject to hydrolysis) is 1. The van der Waals surface area contributed by atoms with Crippen LogP contribution in [0.3, 0.4) is 0 Å². The van der Waals surface area contributed by atoms with Crippen LogP contribution in [0.2, 0.25) is 0 Å². The van der Waals surface area contributed by atoms with Crippen molar-refractivity contribution in [1.82, 2.24) is 15.6 Å².